The van der Waals surface area contributed by atoms with E-state index in [0.29, 0.717) is 6.42 Å². The molecule has 0 heterocycles. The molecule has 1 aliphatic rings. The SMILES string of the molecule is COC(=O)C1C(C)=CC(=O)CC1c1ccccc1. The number of carbonyl (C=O) groups is 2. The second kappa shape index (κ2) is 5.17. The standard InChI is InChI=1S/C15H16O3/c1-10-8-12(16)9-13(14(10)15(17)18-2)11-6-4-3-5-7-11/h3-8,13-14H,9H2,1-2H3. The number of hydrogen-bond acceptors (Lipinski definition) is 3. The molecule has 0 N–H and O–H groups in total. The molecule has 0 fully saturated rings. The van der Waals surface area contributed by atoms with Gasteiger partial charge < -0.3 is 4.74 Å². The van der Waals surface area contributed by atoms with Gasteiger partial charge in [-0.1, -0.05) is 35.9 Å². The molecule has 1 aliphatic carbocycles. The minimum absolute atomic E-state index is 0.0708. The smallest absolute Gasteiger partial charge is 0.313 e. The Morgan fingerprint density at radius 1 is 1.28 bits per heavy atom. The monoisotopic (exact) mass is 244 g/mol. The number of allylic oxidation sites excluding steroid dienone is 1. The summed E-state index contributed by atoms with van der Waals surface area (Å²) in [5.74, 6) is -0.669. The van der Waals surface area contributed by atoms with Crippen molar-refractivity contribution >= 4 is 11.8 Å². The maximum atomic E-state index is 11.9. The minimum Gasteiger partial charge on any atom is -0.469 e. The van der Waals surface area contributed by atoms with E-state index >= 15 is 0 Å². The van der Waals surface area contributed by atoms with Gasteiger partial charge in [0.15, 0.2) is 5.78 Å². The van der Waals surface area contributed by atoms with Gasteiger partial charge in [-0.2, -0.15) is 0 Å². The molecular weight excluding hydrogens is 228 g/mol. The van der Waals surface area contributed by atoms with Gasteiger partial charge in [0.1, 0.15) is 0 Å². The molecule has 1 aromatic rings. The predicted molar refractivity (Wildman–Crippen MR) is 68.1 cm³/mol. The van der Waals surface area contributed by atoms with Crippen LogP contribution >= 0.6 is 0 Å². The molecule has 0 saturated heterocycles. The molecule has 0 aromatic heterocycles. The third-order valence-electron chi connectivity index (χ3n) is 3.39. The Labute approximate surface area is 106 Å². The number of hydrogen-bond donors (Lipinski definition) is 0. The van der Waals surface area contributed by atoms with Crippen LogP contribution in [0.1, 0.15) is 24.8 Å². The van der Waals surface area contributed by atoms with Gasteiger partial charge in [0.25, 0.3) is 0 Å². The molecule has 3 nitrogen and oxygen atoms in total. The molecule has 18 heavy (non-hydrogen) atoms. The van der Waals surface area contributed by atoms with Crippen LogP contribution in [0.3, 0.4) is 0 Å². The Kier molecular flexibility index (Phi) is 3.60. The predicted octanol–water partition coefficient (Wildman–Crippen LogP) is 2.48. The van der Waals surface area contributed by atoms with E-state index in [1.807, 2.05) is 37.3 Å². The summed E-state index contributed by atoms with van der Waals surface area (Å²) < 4.78 is 4.86. The molecule has 0 spiro atoms. The van der Waals surface area contributed by atoms with Gasteiger partial charge >= 0.3 is 5.97 Å². The van der Waals surface area contributed by atoms with Gasteiger partial charge in [-0.3, -0.25) is 9.59 Å². The van der Waals surface area contributed by atoms with E-state index in [-0.39, 0.29) is 23.6 Å². The molecule has 1 aromatic carbocycles. The molecule has 0 amide bonds. The van der Waals surface area contributed by atoms with E-state index in [1.54, 1.807) is 6.08 Å². The number of benzene rings is 1. The summed E-state index contributed by atoms with van der Waals surface area (Å²) in [5.41, 5.74) is 1.79. The first-order valence-corrected chi connectivity index (χ1v) is 5.97. The first-order valence-electron chi connectivity index (χ1n) is 5.97. The molecule has 2 atom stereocenters. The summed E-state index contributed by atoms with van der Waals surface area (Å²) in [4.78, 5) is 23.6. The number of carbonyl (C=O) groups excluding carboxylic acids is 2. The van der Waals surface area contributed by atoms with E-state index in [1.165, 1.54) is 7.11 Å². The molecule has 3 heteroatoms. The van der Waals surface area contributed by atoms with Gasteiger partial charge in [0.2, 0.25) is 0 Å². The Balaban J connectivity index is 2.41. The molecule has 0 radical (unpaired) electrons. The van der Waals surface area contributed by atoms with Crippen LogP contribution in [-0.4, -0.2) is 18.9 Å². The highest BCUT2D eigenvalue weighted by molar-refractivity contribution is 5.95. The van der Waals surface area contributed by atoms with Gasteiger partial charge in [-0.05, 0) is 18.6 Å². The van der Waals surface area contributed by atoms with Gasteiger partial charge in [-0.25, -0.2) is 0 Å². The normalized spacial score (nSPS) is 23.4. The summed E-state index contributed by atoms with van der Waals surface area (Å²) in [6.07, 6.45) is 1.92. The lowest BCUT2D eigenvalue weighted by Gasteiger charge is -2.28. The zero-order valence-corrected chi connectivity index (χ0v) is 10.6. The second-order valence-electron chi connectivity index (χ2n) is 4.58. The highest BCUT2D eigenvalue weighted by atomic mass is 16.5. The third-order valence-corrected chi connectivity index (χ3v) is 3.39. The second-order valence-corrected chi connectivity index (χ2v) is 4.58. The first kappa shape index (κ1) is 12.6. The average Bonchev–Trinajstić information content (AvgIpc) is 2.38. The first-order chi connectivity index (χ1) is 8.63. The van der Waals surface area contributed by atoms with Gasteiger partial charge in [-0.15, -0.1) is 0 Å². The van der Waals surface area contributed by atoms with Crippen LogP contribution in [-0.2, 0) is 14.3 Å². The molecule has 0 bridgehead atoms. The average molecular weight is 244 g/mol. The number of rotatable bonds is 2. The number of methoxy groups -OCH3 is 1. The van der Waals surface area contributed by atoms with Crippen molar-refractivity contribution in [3.63, 3.8) is 0 Å². The maximum absolute atomic E-state index is 11.9. The Hall–Kier alpha value is -1.90. The van der Waals surface area contributed by atoms with Crippen molar-refractivity contribution in [2.75, 3.05) is 7.11 Å². The highest BCUT2D eigenvalue weighted by Gasteiger charge is 2.36. The van der Waals surface area contributed by atoms with Crippen molar-refractivity contribution in [2.45, 2.75) is 19.3 Å². The van der Waals surface area contributed by atoms with E-state index in [4.69, 9.17) is 4.74 Å². The van der Waals surface area contributed by atoms with Crippen molar-refractivity contribution in [3.05, 3.63) is 47.5 Å². The zero-order chi connectivity index (χ0) is 13.1. The van der Waals surface area contributed by atoms with Crippen LogP contribution in [0.15, 0.2) is 42.0 Å². The van der Waals surface area contributed by atoms with Crippen molar-refractivity contribution in [1.82, 2.24) is 0 Å². The van der Waals surface area contributed by atoms with E-state index < -0.39 is 0 Å². The molecule has 2 rings (SSSR count). The van der Waals surface area contributed by atoms with Crippen LogP contribution in [0.25, 0.3) is 0 Å². The largest absolute Gasteiger partial charge is 0.469 e. The number of ether oxygens (including phenoxy) is 1. The van der Waals surface area contributed by atoms with Crippen LogP contribution in [0.5, 0.6) is 0 Å². The summed E-state index contributed by atoms with van der Waals surface area (Å²) in [6.45, 7) is 1.81. The number of esters is 1. The number of ketones is 1. The Bertz CT molecular complexity index is 488. The maximum Gasteiger partial charge on any atom is 0.313 e. The lowest BCUT2D eigenvalue weighted by Crippen LogP contribution is -2.30. The summed E-state index contributed by atoms with van der Waals surface area (Å²) >= 11 is 0. The lowest BCUT2D eigenvalue weighted by molar-refractivity contribution is -0.145. The van der Waals surface area contributed by atoms with Crippen LogP contribution in [0.2, 0.25) is 0 Å². The Morgan fingerprint density at radius 3 is 2.56 bits per heavy atom. The molecule has 2 unspecified atom stereocenters. The summed E-state index contributed by atoms with van der Waals surface area (Å²) in [5, 5.41) is 0. The fraction of sp³-hybridized carbons (Fsp3) is 0.333. The van der Waals surface area contributed by atoms with Crippen LogP contribution < -0.4 is 0 Å². The topological polar surface area (TPSA) is 43.4 Å². The molecule has 0 aliphatic heterocycles. The van der Waals surface area contributed by atoms with Crippen molar-refractivity contribution in [3.8, 4) is 0 Å². The molecular formula is C15H16O3. The van der Waals surface area contributed by atoms with Crippen molar-refractivity contribution < 1.29 is 14.3 Å². The lowest BCUT2D eigenvalue weighted by atomic mass is 9.75. The fourth-order valence-electron chi connectivity index (χ4n) is 2.54. The van der Waals surface area contributed by atoms with Crippen LogP contribution in [0.4, 0.5) is 0 Å². The minimum atomic E-state index is -0.352. The fourth-order valence-corrected chi connectivity index (χ4v) is 2.54. The van der Waals surface area contributed by atoms with Crippen molar-refractivity contribution in [2.24, 2.45) is 5.92 Å². The third kappa shape index (κ3) is 2.35. The van der Waals surface area contributed by atoms with Gasteiger partial charge in [0.05, 0.1) is 13.0 Å². The van der Waals surface area contributed by atoms with Crippen LogP contribution in [0, 0.1) is 5.92 Å². The zero-order valence-electron chi connectivity index (χ0n) is 10.6. The highest BCUT2D eigenvalue weighted by Crippen LogP contribution is 2.37. The molecule has 0 saturated carbocycles. The van der Waals surface area contributed by atoms with E-state index in [9.17, 15) is 9.59 Å². The van der Waals surface area contributed by atoms with E-state index in [0.717, 1.165) is 11.1 Å². The summed E-state index contributed by atoms with van der Waals surface area (Å²) in [6, 6.07) is 9.66. The summed E-state index contributed by atoms with van der Waals surface area (Å²) in [7, 11) is 1.38. The van der Waals surface area contributed by atoms with Gasteiger partial charge in [0, 0.05) is 12.3 Å². The quantitative estimate of drug-likeness (QED) is 0.751. The van der Waals surface area contributed by atoms with E-state index in [2.05, 4.69) is 0 Å². The van der Waals surface area contributed by atoms with Crippen molar-refractivity contribution in [1.29, 1.82) is 0 Å². The Morgan fingerprint density at radius 2 is 1.94 bits per heavy atom. The molecule has 94 valence electrons.